The molecular weight excluding hydrogens is 368 g/mol. The fourth-order valence-electron chi connectivity index (χ4n) is 2.83. The minimum atomic E-state index is -1.39. The van der Waals surface area contributed by atoms with E-state index in [1.54, 1.807) is 12.1 Å². The molecule has 0 bridgehead atoms. The van der Waals surface area contributed by atoms with Gasteiger partial charge in [0.2, 0.25) is 0 Å². The second kappa shape index (κ2) is 13.1. The van der Waals surface area contributed by atoms with Gasteiger partial charge in [-0.1, -0.05) is 58.3 Å². The van der Waals surface area contributed by atoms with E-state index in [0.29, 0.717) is 17.9 Å². The summed E-state index contributed by atoms with van der Waals surface area (Å²) in [5.74, 6) is -1.03. The molecule has 0 amide bonds. The maximum atomic E-state index is 12.4. The Morgan fingerprint density at radius 3 is 1.83 bits per heavy atom. The van der Waals surface area contributed by atoms with Crippen molar-refractivity contribution >= 4 is 17.7 Å². The third-order valence-corrected chi connectivity index (χ3v) is 4.97. The van der Waals surface area contributed by atoms with Gasteiger partial charge in [-0.05, 0) is 51.5 Å². The Bertz CT molecular complexity index is 646. The topological polar surface area (TPSA) is 69.7 Å². The Morgan fingerprint density at radius 1 is 0.793 bits per heavy atom. The lowest BCUT2D eigenvalue weighted by atomic mass is 9.94. The molecule has 1 rings (SSSR count). The van der Waals surface area contributed by atoms with E-state index in [2.05, 4.69) is 6.92 Å². The Morgan fingerprint density at radius 2 is 1.31 bits per heavy atom. The van der Waals surface area contributed by atoms with Crippen molar-refractivity contribution < 1.29 is 23.9 Å². The van der Waals surface area contributed by atoms with Crippen molar-refractivity contribution in [2.45, 2.75) is 85.5 Å². The molecule has 0 spiro atoms. The summed E-state index contributed by atoms with van der Waals surface area (Å²) in [6.45, 7) is 7.00. The minimum Gasteiger partial charge on any atom is -0.465 e. The molecule has 0 N–H and O–H groups in total. The molecule has 0 fully saturated rings. The molecule has 5 nitrogen and oxygen atoms in total. The number of unbranched alkanes of at least 4 members (excludes halogenated alkanes) is 8. The second-order valence-electron chi connectivity index (χ2n) is 8.06. The summed E-state index contributed by atoms with van der Waals surface area (Å²) in [5, 5.41) is 0. The Labute approximate surface area is 175 Å². The van der Waals surface area contributed by atoms with Gasteiger partial charge in [-0.2, -0.15) is 0 Å². The van der Waals surface area contributed by atoms with Crippen LogP contribution in [-0.2, 0) is 14.3 Å². The number of rotatable bonds is 14. The van der Waals surface area contributed by atoms with Crippen LogP contribution in [0.2, 0.25) is 0 Å². The van der Waals surface area contributed by atoms with Crippen LogP contribution in [0.5, 0.6) is 5.75 Å². The van der Waals surface area contributed by atoms with Crippen LogP contribution in [0, 0.1) is 5.41 Å². The van der Waals surface area contributed by atoms with Crippen molar-refractivity contribution in [2.24, 2.45) is 5.41 Å². The van der Waals surface area contributed by atoms with Gasteiger partial charge in [0.25, 0.3) is 0 Å². The number of benzene rings is 1. The van der Waals surface area contributed by atoms with Gasteiger partial charge in [-0.3, -0.25) is 14.4 Å². The number of ether oxygens (including phenoxy) is 2. The lowest BCUT2D eigenvalue weighted by Crippen LogP contribution is -2.38. The smallest absolute Gasteiger partial charge is 0.328 e. The number of hydrogen-bond acceptors (Lipinski definition) is 5. The normalized spacial score (nSPS) is 11.2. The highest BCUT2D eigenvalue weighted by atomic mass is 16.6. The average Bonchev–Trinajstić information content (AvgIpc) is 2.69. The third kappa shape index (κ3) is 9.25. The zero-order valence-corrected chi connectivity index (χ0v) is 18.4. The fourth-order valence-corrected chi connectivity index (χ4v) is 2.83. The summed E-state index contributed by atoms with van der Waals surface area (Å²) in [4.78, 5) is 36.0. The van der Waals surface area contributed by atoms with E-state index in [1.165, 1.54) is 71.4 Å². The highest BCUT2D eigenvalue weighted by Crippen LogP contribution is 2.23. The summed E-state index contributed by atoms with van der Waals surface area (Å²) in [7, 11) is 0. The van der Waals surface area contributed by atoms with Gasteiger partial charge in [-0.15, -0.1) is 0 Å². The van der Waals surface area contributed by atoms with E-state index in [9.17, 15) is 14.4 Å². The molecule has 1 aromatic rings. The van der Waals surface area contributed by atoms with Gasteiger partial charge < -0.3 is 9.47 Å². The van der Waals surface area contributed by atoms with Crippen LogP contribution in [0.15, 0.2) is 24.3 Å². The van der Waals surface area contributed by atoms with Gasteiger partial charge in [0.05, 0.1) is 6.61 Å². The fraction of sp³-hybridized carbons (Fsp3) is 0.625. The van der Waals surface area contributed by atoms with E-state index in [4.69, 9.17) is 9.47 Å². The lowest BCUT2D eigenvalue weighted by Gasteiger charge is -2.20. The molecule has 0 aliphatic heterocycles. The highest BCUT2D eigenvalue weighted by molar-refractivity contribution is 6.00. The van der Waals surface area contributed by atoms with Gasteiger partial charge in [0.15, 0.2) is 11.2 Å². The molecular formula is C24H36O5. The van der Waals surface area contributed by atoms with Crippen molar-refractivity contribution in [3.63, 3.8) is 0 Å². The molecule has 0 radical (unpaired) electrons. The molecule has 0 saturated heterocycles. The standard InChI is InChI=1S/C24H36O5/c1-5-6-7-8-9-10-11-12-13-18-28-22(26)24(3,4)23(27)29-21-16-14-20(15-17-21)19(2)25/h14-17H,5-13,18H2,1-4H3. The van der Waals surface area contributed by atoms with Crippen molar-refractivity contribution in [2.75, 3.05) is 6.61 Å². The van der Waals surface area contributed by atoms with Crippen LogP contribution in [0.1, 0.15) is 95.8 Å². The summed E-state index contributed by atoms with van der Waals surface area (Å²) in [5.41, 5.74) is -0.858. The maximum absolute atomic E-state index is 12.4. The van der Waals surface area contributed by atoms with Crippen LogP contribution in [0.3, 0.4) is 0 Å². The zero-order chi connectivity index (χ0) is 21.7. The first-order valence-corrected chi connectivity index (χ1v) is 10.8. The van der Waals surface area contributed by atoms with E-state index < -0.39 is 17.4 Å². The first-order chi connectivity index (χ1) is 13.8. The predicted molar refractivity (Wildman–Crippen MR) is 114 cm³/mol. The average molecular weight is 405 g/mol. The molecule has 0 aromatic heterocycles. The quantitative estimate of drug-likeness (QED) is 0.127. The molecule has 162 valence electrons. The Hall–Kier alpha value is -2.17. The molecule has 0 aliphatic rings. The lowest BCUT2D eigenvalue weighted by molar-refractivity contribution is -0.164. The van der Waals surface area contributed by atoms with Crippen LogP contribution in [0.4, 0.5) is 0 Å². The molecule has 0 atom stereocenters. The number of esters is 2. The summed E-state index contributed by atoms with van der Waals surface area (Å²) in [6, 6.07) is 6.25. The molecule has 1 aromatic carbocycles. The van der Waals surface area contributed by atoms with Gasteiger partial charge >= 0.3 is 11.9 Å². The van der Waals surface area contributed by atoms with Gasteiger partial charge in [-0.25, -0.2) is 0 Å². The van der Waals surface area contributed by atoms with Crippen molar-refractivity contribution in [1.29, 1.82) is 0 Å². The number of carbonyl (C=O) groups excluding carboxylic acids is 3. The van der Waals surface area contributed by atoms with Gasteiger partial charge in [0, 0.05) is 5.56 Å². The number of hydrogen-bond donors (Lipinski definition) is 0. The maximum Gasteiger partial charge on any atom is 0.328 e. The number of ketones is 1. The van der Waals surface area contributed by atoms with Crippen molar-refractivity contribution in [1.82, 2.24) is 0 Å². The SMILES string of the molecule is CCCCCCCCCCCOC(=O)C(C)(C)C(=O)Oc1ccc(C(C)=O)cc1. The monoisotopic (exact) mass is 404 g/mol. The van der Waals surface area contributed by atoms with Crippen LogP contribution >= 0.6 is 0 Å². The second-order valence-corrected chi connectivity index (χ2v) is 8.06. The predicted octanol–water partition coefficient (Wildman–Crippen LogP) is 5.89. The largest absolute Gasteiger partial charge is 0.465 e. The summed E-state index contributed by atoms with van der Waals surface area (Å²) < 4.78 is 10.6. The summed E-state index contributed by atoms with van der Waals surface area (Å²) in [6.07, 6.45) is 10.7. The first kappa shape index (κ1) is 24.9. The van der Waals surface area contributed by atoms with Crippen LogP contribution in [0.25, 0.3) is 0 Å². The number of carbonyl (C=O) groups is 3. The molecule has 0 heterocycles. The molecule has 0 unspecified atom stereocenters. The Kier molecular flexibility index (Phi) is 11.3. The van der Waals surface area contributed by atoms with E-state index in [-0.39, 0.29) is 5.78 Å². The summed E-state index contributed by atoms with van der Waals surface area (Å²) >= 11 is 0. The van der Waals surface area contributed by atoms with E-state index in [0.717, 1.165) is 19.3 Å². The molecule has 0 saturated carbocycles. The molecule has 29 heavy (non-hydrogen) atoms. The molecule has 0 aliphatic carbocycles. The van der Waals surface area contributed by atoms with Gasteiger partial charge in [0.1, 0.15) is 5.75 Å². The van der Waals surface area contributed by atoms with Crippen LogP contribution in [-0.4, -0.2) is 24.3 Å². The van der Waals surface area contributed by atoms with E-state index >= 15 is 0 Å². The third-order valence-electron chi connectivity index (χ3n) is 4.97. The molecule has 5 heteroatoms. The first-order valence-electron chi connectivity index (χ1n) is 10.8. The minimum absolute atomic E-state index is 0.0664. The number of Topliss-reactive ketones (excluding diaryl/α,β-unsaturated/α-hetero) is 1. The van der Waals surface area contributed by atoms with Crippen molar-refractivity contribution in [3.8, 4) is 5.75 Å². The van der Waals surface area contributed by atoms with Crippen molar-refractivity contribution in [3.05, 3.63) is 29.8 Å². The van der Waals surface area contributed by atoms with Crippen LogP contribution < -0.4 is 4.74 Å². The van der Waals surface area contributed by atoms with E-state index in [1.807, 2.05) is 0 Å². The Balaban J connectivity index is 2.29. The highest BCUT2D eigenvalue weighted by Gasteiger charge is 2.39. The zero-order valence-electron chi connectivity index (χ0n) is 18.4.